The third-order valence-electron chi connectivity index (χ3n) is 3.28. The standard InChI is InChI=1S/C11H18N2O3/c1-4-5-10-6-7-11(14)12(10)8(2)9(3)13(15)16/h4,8-10H,1,5-7H2,2-3H3/t8-,9?,10-/m1/s1. The van der Waals surface area contributed by atoms with E-state index < -0.39 is 6.04 Å². The second-order valence-electron chi connectivity index (χ2n) is 4.28. The lowest BCUT2D eigenvalue weighted by Gasteiger charge is -2.30. The minimum atomic E-state index is -0.727. The average molecular weight is 226 g/mol. The van der Waals surface area contributed by atoms with Crippen LogP contribution in [0.3, 0.4) is 0 Å². The van der Waals surface area contributed by atoms with Gasteiger partial charge in [0.2, 0.25) is 11.9 Å². The first-order valence-corrected chi connectivity index (χ1v) is 5.54. The summed E-state index contributed by atoms with van der Waals surface area (Å²) in [4.78, 5) is 23.7. The summed E-state index contributed by atoms with van der Waals surface area (Å²) in [6, 6.07) is -0.994. The molecule has 0 aromatic rings. The number of hydrogen-bond donors (Lipinski definition) is 0. The van der Waals surface area contributed by atoms with E-state index >= 15 is 0 Å². The van der Waals surface area contributed by atoms with Crippen LogP contribution in [-0.4, -0.2) is 33.9 Å². The molecule has 0 aromatic carbocycles. The highest BCUT2D eigenvalue weighted by atomic mass is 16.6. The number of hydrogen-bond acceptors (Lipinski definition) is 3. The van der Waals surface area contributed by atoms with Crippen LogP contribution in [0.4, 0.5) is 0 Å². The maximum Gasteiger partial charge on any atom is 0.230 e. The summed E-state index contributed by atoms with van der Waals surface area (Å²) in [6.45, 7) is 6.94. The van der Waals surface area contributed by atoms with E-state index in [1.165, 1.54) is 0 Å². The molecule has 1 aliphatic rings. The molecule has 0 saturated carbocycles. The lowest BCUT2D eigenvalue weighted by molar-refractivity contribution is -0.524. The van der Waals surface area contributed by atoms with Gasteiger partial charge in [-0.1, -0.05) is 6.08 Å². The lowest BCUT2D eigenvalue weighted by atomic mass is 10.1. The van der Waals surface area contributed by atoms with E-state index in [-0.39, 0.29) is 22.9 Å². The SMILES string of the molecule is C=CC[C@@H]1CCC(=O)N1[C@H](C)C(C)[N+](=O)[O-]. The van der Waals surface area contributed by atoms with Crippen LogP contribution in [0.15, 0.2) is 12.7 Å². The van der Waals surface area contributed by atoms with Crippen molar-refractivity contribution >= 4 is 5.91 Å². The van der Waals surface area contributed by atoms with Crippen molar-refractivity contribution in [1.29, 1.82) is 0 Å². The van der Waals surface area contributed by atoms with E-state index in [1.54, 1.807) is 24.8 Å². The zero-order valence-electron chi connectivity index (χ0n) is 9.76. The fourth-order valence-electron chi connectivity index (χ4n) is 2.15. The number of nitrogens with zero attached hydrogens (tertiary/aromatic N) is 2. The van der Waals surface area contributed by atoms with Crippen LogP contribution in [0.2, 0.25) is 0 Å². The fraction of sp³-hybridized carbons (Fsp3) is 0.727. The van der Waals surface area contributed by atoms with Gasteiger partial charge in [0.15, 0.2) is 0 Å². The molecule has 1 aliphatic heterocycles. The molecule has 0 aliphatic carbocycles. The second-order valence-corrected chi connectivity index (χ2v) is 4.28. The zero-order chi connectivity index (χ0) is 12.3. The Kier molecular flexibility index (Phi) is 4.04. The molecule has 90 valence electrons. The smallest absolute Gasteiger partial charge is 0.230 e. The molecule has 0 radical (unpaired) electrons. The molecule has 1 amide bonds. The van der Waals surface area contributed by atoms with E-state index in [0.717, 1.165) is 6.42 Å². The summed E-state index contributed by atoms with van der Waals surface area (Å²) < 4.78 is 0. The molecule has 5 heteroatoms. The average Bonchev–Trinajstić information content (AvgIpc) is 2.58. The third kappa shape index (κ3) is 2.40. The number of carbonyl (C=O) groups is 1. The molecule has 1 saturated heterocycles. The van der Waals surface area contributed by atoms with Gasteiger partial charge in [-0.15, -0.1) is 6.58 Å². The molecular formula is C11H18N2O3. The summed E-state index contributed by atoms with van der Waals surface area (Å²) in [5, 5.41) is 10.7. The molecular weight excluding hydrogens is 208 g/mol. The second kappa shape index (κ2) is 5.09. The minimum absolute atomic E-state index is 0.0213. The predicted octanol–water partition coefficient (Wildman–Crippen LogP) is 1.61. The van der Waals surface area contributed by atoms with Crippen LogP contribution >= 0.6 is 0 Å². The highest BCUT2D eigenvalue weighted by Crippen LogP contribution is 2.25. The van der Waals surface area contributed by atoms with Crippen molar-refractivity contribution in [3.05, 3.63) is 22.8 Å². The van der Waals surface area contributed by atoms with Gasteiger partial charge in [-0.2, -0.15) is 0 Å². The van der Waals surface area contributed by atoms with Crippen molar-refractivity contribution in [3.8, 4) is 0 Å². The van der Waals surface area contributed by atoms with Crippen LogP contribution in [0.1, 0.15) is 33.1 Å². The van der Waals surface area contributed by atoms with E-state index in [9.17, 15) is 14.9 Å². The number of likely N-dealkylation sites (tertiary alicyclic amines) is 1. The van der Waals surface area contributed by atoms with Crippen molar-refractivity contribution < 1.29 is 9.72 Å². The van der Waals surface area contributed by atoms with Gasteiger partial charge >= 0.3 is 0 Å². The molecule has 0 N–H and O–H groups in total. The van der Waals surface area contributed by atoms with Gasteiger partial charge in [-0.3, -0.25) is 14.9 Å². The Hall–Kier alpha value is -1.39. The van der Waals surface area contributed by atoms with Crippen LogP contribution in [0.25, 0.3) is 0 Å². The molecule has 1 heterocycles. The predicted molar refractivity (Wildman–Crippen MR) is 60.6 cm³/mol. The Morgan fingerprint density at radius 2 is 2.31 bits per heavy atom. The quantitative estimate of drug-likeness (QED) is 0.406. The Bertz CT molecular complexity index is 304. The molecule has 0 aromatic heterocycles. The maximum atomic E-state index is 11.7. The Labute approximate surface area is 95.3 Å². The minimum Gasteiger partial charge on any atom is -0.330 e. The Morgan fingerprint density at radius 1 is 1.69 bits per heavy atom. The van der Waals surface area contributed by atoms with Gasteiger partial charge in [0.05, 0.1) is 6.04 Å². The third-order valence-corrected chi connectivity index (χ3v) is 3.28. The van der Waals surface area contributed by atoms with Crippen molar-refractivity contribution in [3.63, 3.8) is 0 Å². The van der Waals surface area contributed by atoms with Gasteiger partial charge in [-0.05, 0) is 19.8 Å². The van der Waals surface area contributed by atoms with Crippen molar-refractivity contribution in [2.45, 2.75) is 51.2 Å². The number of amides is 1. The molecule has 1 rings (SSSR count). The topological polar surface area (TPSA) is 63.5 Å². The molecule has 3 atom stereocenters. The number of rotatable bonds is 5. The highest BCUT2D eigenvalue weighted by molar-refractivity contribution is 5.79. The fourth-order valence-corrected chi connectivity index (χ4v) is 2.15. The van der Waals surface area contributed by atoms with Crippen molar-refractivity contribution in [2.75, 3.05) is 0 Å². The van der Waals surface area contributed by atoms with E-state index in [0.29, 0.717) is 12.8 Å². The molecule has 0 spiro atoms. The van der Waals surface area contributed by atoms with Crippen LogP contribution in [-0.2, 0) is 4.79 Å². The molecule has 16 heavy (non-hydrogen) atoms. The van der Waals surface area contributed by atoms with Crippen LogP contribution < -0.4 is 0 Å². The summed E-state index contributed by atoms with van der Waals surface area (Å²) in [5.74, 6) is 0.0213. The first-order valence-electron chi connectivity index (χ1n) is 5.54. The van der Waals surface area contributed by atoms with Crippen LogP contribution in [0.5, 0.6) is 0 Å². The maximum absolute atomic E-state index is 11.7. The Balaban J connectivity index is 2.78. The first kappa shape index (κ1) is 12.7. The monoisotopic (exact) mass is 226 g/mol. The van der Waals surface area contributed by atoms with Gasteiger partial charge in [-0.25, -0.2) is 0 Å². The Morgan fingerprint density at radius 3 is 2.81 bits per heavy atom. The van der Waals surface area contributed by atoms with E-state index in [2.05, 4.69) is 6.58 Å². The lowest BCUT2D eigenvalue weighted by Crippen LogP contribution is -2.48. The van der Waals surface area contributed by atoms with Gasteiger partial charge in [0.1, 0.15) is 0 Å². The van der Waals surface area contributed by atoms with Crippen molar-refractivity contribution in [1.82, 2.24) is 4.90 Å². The summed E-state index contributed by atoms with van der Waals surface area (Å²) in [5.41, 5.74) is 0. The summed E-state index contributed by atoms with van der Waals surface area (Å²) in [6.07, 6.45) is 3.74. The van der Waals surface area contributed by atoms with Crippen LogP contribution in [0, 0.1) is 10.1 Å². The van der Waals surface area contributed by atoms with E-state index in [4.69, 9.17) is 0 Å². The number of carbonyl (C=O) groups excluding carboxylic acids is 1. The summed E-state index contributed by atoms with van der Waals surface area (Å²) >= 11 is 0. The largest absolute Gasteiger partial charge is 0.330 e. The first-order chi connectivity index (χ1) is 7.49. The molecule has 5 nitrogen and oxygen atoms in total. The zero-order valence-corrected chi connectivity index (χ0v) is 9.76. The molecule has 1 fully saturated rings. The van der Waals surface area contributed by atoms with Gasteiger partial charge < -0.3 is 4.90 Å². The normalized spacial score (nSPS) is 24.2. The summed E-state index contributed by atoms with van der Waals surface area (Å²) in [7, 11) is 0. The van der Waals surface area contributed by atoms with Crippen molar-refractivity contribution in [2.24, 2.45) is 0 Å². The van der Waals surface area contributed by atoms with E-state index in [1.807, 2.05) is 0 Å². The number of nitro groups is 1. The van der Waals surface area contributed by atoms with Gasteiger partial charge in [0.25, 0.3) is 0 Å². The van der Waals surface area contributed by atoms with Gasteiger partial charge in [0, 0.05) is 24.3 Å². The molecule has 1 unspecified atom stereocenters. The highest BCUT2D eigenvalue weighted by Gasteiger charge is 2.39. The molecule has 0 bridgehead atoms.